The quantitative estimate of drug-likeness (QED) is 0.157. The number of hydrogen-bond acceptors (Lipinski definition) is 4. The molecule has 0 aliphatic rings. The summed E-state index contributed by atoms with van der Waals surface area (Å²) in [5.41, 5.74) is 14.5. The summed E-state index contributed by atoms with van der Waals surface area (Å²) in [4.78, 5) is 21.3. The van der Waals surface area contributed by atoms with Gasteiger partial charge >= 0.3 is 0 Å². The van der Waals surface area contributed by atoms with Crippen LogP contribution < -0.4 is 0 Å². The zero-order valence-corrected chi connectivity index (χ0v) is 35.5. The highest BCUT2D eigenvalue weighted by molar-refractivity contribution is 6.25. The second kappa shape index (κ2) is 14.3. The van der Waals surface area contributed by atoms with Crippen LogP contribution in [-0.4, -0.2) is 29.1 Å². The number of hydrogen-bond donors (Lipinski definition) is 0. The Morgan fingerprint density at radius 2 is 0.758 bits per heavy atom. The van der Waals surface area contributed by atoms with Gasteiger partial charge in [-0.1, -0.05) is 170 Å². The van der Waals surface area contributed by atoms with Gasteiger partial charge in [-0.05, 0) is 81.6 Å². The van der Waals surface area contributed by atoms with Gasteiger partial charge < -0.3 is 0 Å². The second-order valence-corrected chi connectivity index (χ2v) is 17.0. The van der Waals surface area contributed by atoms with E-state index < -0.39 is 0 Å². The lowest BCUT2D eigenvalue weighted by atomic mass is 9.96. The van der Waals surface area contributed by atoms with Gasteiger partial charge in [0, 0.05) is 43.4 Å². The molecule has 4 aromatic heterocycles. The van der Waals surface area contributed by atoms with Gasteiger partial charge in [0.1, 0.15) is 0 Å². The van der Waals surface area contributed by atoms with Crippen LogP contribution in [0.3, 0.4) is 0 Å². The number of fused-ring (bicyclic) bond motifs is 5. The van der Waals surface area contributed by atoms with Gasteiger partial charge in [-0.15, -0.1) is 0 Å². The molecule has 0 N–H and O–H groups in total. The van der Waals surface area contributed by atoms with Crippen LogP contribution in [0.4, 0.5) is 0 Å². The lowest BCUT2D eigenvalue weighted by Gasteiger charge is -2.13. The Hall–Kier alpha value is -9.00. The van der Waals surface area contributed by atoms with Crippen molar-refractivity contribution < 1.29 is 0 Å². The van der Waals surface area contributed by atoms with Crippen molar-refractivity contribution in [3.05, 3.63) is 218 Å². The standard InChI is InChI=1S/C60H36N6/c1-3-14-37(15-4-1)38-26-29-41(30-27-38)58-47-21-8-11-23-50(47)62-60(64-58)66-53-25-13-18-39-28-31-43-34-44(36-54(66)56(43)55(39)53)42-32-33-52-48(35-42)45-19-9-12-24-51(45)65(52)59-61-49-22-10-7-20-46(49)57(63-59)40-16-5-2-6-17-40/h1-36H. The predicted octanol–water partition coefficient (Wildman–Crippen LogP) is 15.0. The largest absolute Gasteiger partial charge is 0.278 e. The molecule has 0 fully saturated rings. The molecular formula is C60H36N6. The van der Waals surface area contributed by atoms with Crippen LogP contribution in [0.15, 0.2) is 218 Å². The Kier molecular flexibility index (Phi) is 7.88. The Balaban J connectivity index is 0.967. The zero-order chi connectivity index (χ0) is 43.3. The topological polar surface area (TPSA) is 61.4 Å². The summed E-state index contributed by atoms with van der Waals surface area (Å²) in [6.45, 7) is 0. The maximum Gasteiger partial charge on any atom is 0.235 e. The van der Waals surface area contributed by atoms with Crippen molar-refractivity contribution in [2.75, 3.05) is 0 Å². The van der Waals surface area contributed by atoms with Gasteiger partial charge in [0.15, 0.2) is 0 Å². The minimum atomic E-state index is 0.641. The molecule has 306 valence electrons. The normalized spacial score (nSPS) is 11.9. The molecule has 0 amide bonds. The van der Waals surface area contributed by atoms with E-state index >= 15 is 0 Å². The van der Waals surface area contributed by atoms with Gasteiger partial charge in [-0.2, -0.15) is 0 Å². The SMILES string of the molecule is c1ccc(-c2ccc(-c3nc(-n4c5cccc6ccc7cc(-c8ccc9c(c8)c8ccccc8n9-c8nc(-c9ccccc9)c9ccccc9n8)cc4c7c65)nc4ccccc34)cc2)cc1. The molecule has 0 saturated heterocycles. The molecule has 0 unspecified atom stereocenters. The molecule has 0 bridgehead atoms. The van der Waals surface area contributed by atoms with Gasteiger partial charge in [0.05, 0.1) is 44.5 Å². The van der Waals surface area contributed by atoms with E-state index in [9.17, 15) is 0 Å². The highest BCUT2D eigenvalue weighted by atomic mass is 15.2. The first-order valence-electron chi connectivity index (χ1n) is 22.3. The summed E-state index contributed by atoms with van der Waals surface area (Å²) < 4.78 is 4.49. The monoisotopic (exact) mass is 840 g/mol. The maximum atomic E-state index is 5.47. The Morgan fingerprint density at radius 3 is 1.47 bits per heavy atom. The van der Waals surface area contributed by atoms with Crippen LogP contribution >= 0.6 is 0 Å². The smallest absolute Gasteiger partial charge is 0.235 e. The molecular weight excluding hydrogens is 805 g/mol. The first-order chi connectivity index (χ1) is 32.7. The van der Waals surface area contributed by atoms with Crippen molar-refractivity contribution in [2.45, 2.75) is 0 Å². The van der Waals surface area contributed by atoms with E-state index in [0.29, 0.717) is 11.9 Å². The van der Waals surface area contributed by atoms with Crippen LogP contribution in [-0.2, 0) is 0 Å². The lowest BCUT2D eigenvalue weighted by Crippen LogP contribution is -2.03. The van der Waals surface area contributed by atoms with Crippen molar-refractivity contribution in [1.82, 2.24) is 29.1 Å². The number of aromatic nitrogens is 6. The van der Waals surface area contributed by atoms with Crippen LogP contribution in [0, 0.1) is 0 Å². The van der Waals surface area contributed by atoms with Gasteiger partial charge in [-0.25, -0.2) is 19.9 Å². The fraction of sp³-hybridized carbons (Fsp3) is 0. The number of rotatable bonds is 6. The molecule has 66 heavy (non-hydrogen) atoms. The third kappa shape index (κ3) is 5.55. The van der Waals surface area contributed by atoms with Crippen molar-refractivity contribution in [3.63, 3.8) is 0 Å². The third-order valence-electron chi connectivity index (χ3n) is 13.3. The van der Waals surface area contributed by atoms with Crippen LogP contribution in [0.2, 0.25) is 0 Å². The Morgan fingerprint density at radius 1 is 0.258 bits per heavy atom. The fourth-order valence-corrected chi connectivity index (χ4v) is 10.3. The molecule has 14 rings (SSSR count). The maximum absolute atomic E-state index is 5.47. The first-order valence-corrected chi connectivity index (χ1v) is 22.3. The number of para-hydroxylation sites is 3. The molecule has 10 aromatic carbocycles. The van der Waals surface area contributed by atoms with E-state index in [2.05, 4.69) is 215 Å². The number of benzene rings is 10. The van der Waals surface area contributed by atoms with E-state index in [1.54, 1.807) is 0 Å². The summed E-state index contributed by atoms with van der Waals surface area (Å²) in [5.74, 6) is 1.28. The van der Waals surface area contributed by atoms with Gasteiger partial charge in [0.2, 0.25) is 11.9 Å². The average Bonchev–Trinajstić information content (AvgIpc) is 3.91. The molecule has 4 heterocycles. The average molecular weight is 841 g/mol. The molecule has 0 spiro atoms. The number of nitrogens with zero attached hydrogens (tertiary/aromatic N) is 6. The van der Waals surface area contributed by atoms with E-state index in [0.717, 1.165) is 88.3 Å². The van der Waals surface area contributed by atoms with Crippen LogP contribution in [0.25, 0.3) is 133 Å². The molecule has 0 saturated carbocycles. The summed E-state index contributed by atoms with van der Waals surface area (Å²) in [7, 11) is 0. The lowest BCUT2D eigenvalue weighted by molar-refractivity contribution is 1.01. The Labute approximate surface area is 378 Å². The predicted molar refractivity (Wildman–Crippen MR) is 272 cm³/mol. The minimum absolute atomic E-state index is 0.641. The molecule has 0 atom stereocenters. The second-order valence-electron chi connectivity index (χ2n) is 17.0. The van der Waals surface area contributed by atoms with Gasteiger partial charge in [0.25, 0.3) is 0 Å². The molecule has 6 heteroatoms. The summed E-state index contributed by atoms with van der Waals surface area (Å²) in [6.07, 6.45) is 0. The fourth-order valence-electron chi connectivity index (χ4n) is 10.3. The molecule has 14 aromatic rings. The van der Waals surface area contributed by atoms with Crippen molar-refractivity contribution in [1.29, 1.82) is 0 Å². The van der Waals surface area contributed by atoms with Crippen LogP contribution in [0.5, 0.6) is 0 Å². The van der Waals surface area contributed by atoms with Crippen molar-refractivity contribution >= 4 is 76.2 Å². The molecule has 0 radical (unpaired) electrons. The van der Waals surface area contributed by atoms with E-state index in [-0.39, 0.29) is 0 Å². The van der Waals surface area contributed by atoms with Crippen LogP contribution in [0.1, 0.15) is 0 Å². The zero-order valence-electron chi connectivity index (χ0n) is 35.5. The molecule has 0 aliphatic carbocycles. The Bertz CT molecular complexity index is 4210. The van der Waals surface area contributed by atoms with E-state index in [1.165, 1.54) is 32.7 Å². The highest BCUT2D eigenvalue weighted by Gasteiger charge is 2.23. The highest BCUT2D eigenvalue weighted by Crippen LogP contribution is 2.43. The van der Waals surface area contributed by atoms with Crippen molar-refractivity contribution in [2.24, 2.45) is 0 Å². The van der Waals surface area contributed by atoms with Gasteiger partial charge in [-0.3, -0.25) is 9.13 Å². The third-order valence-corrected chi connectivity index (χ3v) is 13.3. The summed E-state index contributed by atoms with van der Waals surface area (Å²) in [6, 6.07) is 77.3. The summed E-state index contributed by atoms with van der Waals surface area (Å²) >= 11 is 0. The summed E-state index contributed by atoms with van der Waals surface area (Å²) in [5, 5.41) is 9.09. The molecule has 0 aliphatic heterocycles. The van der Waals surface area contributed by atoms with E-state index in [4.69, 9.17) is 19.9 Å². The van der Waals surface area contributed by atoms with Crippen molar-refractivity contribution in [3.8, 4) is 56.7 Å². The minimum Gasteiger partial charge on any atom is -0.278 e. The molecule has 6 nitrogen and oxygen atoms in total. The first kappa shape index (κ1) is 36.5. The van der Waals surface area contributed by atoms with E-state index in [1.807, 2.05) is 12.1 Å².